The van der Waals surface area contributed by atoms with Gasteiger partial charge in [0.1, 0.15) is 0 Å². The van der Waals surface area contributed by atoms with Crippen LogP contribution in [0.2, 0.25) is 0 Å². The van der Waals surface area contributed by atoms with E-state index in [1.54, 1.807) is 4.68 Å². The highest BCUT2D eigenvalue weighted by Gasteiger charge is 2.26. The van der Waals surface area contributed by atoms with Crippen LogP contribution in [0, 0.1) is 13.8 Å². The fourth-order valence-corrected chi connectivity index (χ4v) is 3.79. The van der Waals surface area contributed by atoms with E-state index >= 15 is 0 Å². The zero-order valence-electron chi connectivity index (χ0n) is 17.1. The second-order valence-corrected chi connectivity index (χ2v) is 7.72. The summed E-state index contributed by atoms with van der Waals surface area (Å²) in [6.45, 7) is 8.77. The maximum Gasteiger partial charge on any atom is 0.276 e. The monoisotopic (exact) mass is 389 g/mol. The van der Waals surface area contributed by atoms with Crippen molar-refractivity contribution < 1.29 is 4.79 Å². The molecule has 0 spiro atoms. The Morgan fingerprint density at radius 3 is 2.34 bits per heavy atom. The van der Waals surface area contributed by atoms with Crippen molar-refractivity contribution in [3.8, 4) is 0 Å². The zero-order chi connectivity index (χ0) is 20.2. The summed E-state index contributed by atoms with van der Waals surface area (Å²) in [5.74, 6) is -0.0167. The Morgan fingerprint density at radius 2 is 1.62 bits per heavy atom. The van der Waals surface area contributed by atoms with Crippen molar-refractivity contribution in [3.05, 3.63) is 82.7 Å². The fraction of sp³-hybridized carbons (Fsp3) is 0.348. The topological polar surface area (TPSA) is 54.3 Å². The van der Waals surface area contributed by atoms with Crippen LogP contribution in [0.1, 0.15) is 32.9 Å². The third-order valence-corrected chi connectivity index (χ3v) is 5.51. The lowest BCUT2D eigenvalue weighted by molar-refractivity contribution is 0.0622. The first-order chi connectivity index (χ1) is 14.1. The average Bonchev–Trinajstić information content (AvgIpc) is 3.09. The van der Waals surface area contributed by atoms with E-state index in [1.807, 2.05) is 30.0 Å². The molecule has 0 aliphatic carbocycles. The Labute approximate surface area is 171 Å². The van der Waals surface area contributed by atoms with Gasteiger partial charge in [-0.3, -0.25) is 9.69 Å². The number of aryl methyl sites for hydroxylation is 1. The van der Waals surface area contributed by atoms with E-state index in [0.29, 0.717) is 12.2 Å². The number of benzene rings is 2. The summed E-state index contributed by atoms with van der Waals surface area (Å²) in [5, 5.41) is 8.41. The largest absolute Gasteiger partial charge is 0.335 e. The van der Waals surface area contributed by atoms with Crippen LogP contribution in [0.3, 0.4) is 0 Å². The normalized spacial score (nSPS) is 14.9. The molecule has 4 rings (SSSR count). The van der Waals surface area contributed by atoms with E-state index in [0.717, 1.165) is 44.0 Å². The minimum absolute atomic E-state index is 0.0167. The number of hydrogen-bond acceptors (Lipinski definition) is 4. The molecular formula is C23H27N5O. The van der Waals surface area contributed by atoms with E-state index in [1.165, 1.54) is 11.1 Å². The summed E-state index contributed by atoms with van der Waals surface area (Å²) in [4.78, 5) is 17.3. The fourth-order valence-electron chi connectivity index (χ4n) is 3.79. The predicted molar refractivity (Wildman–Crippen MR) is 113 cm³/mol. The minimum Gasteiger partial charge on any atom is -0.335 e. The minimum atomic E-state index is -0.0167. The van der Waals surface area contributed by atoms with E-state index in [-0.39, 0.29) is 5.91 Å². The predicted octanol–water partition coefficient (Wildman–Crippen LogP) is 2.90. The molecule has 3 aromatic rings. The zero-order valence-corrected chi connectivity index (χ0v) is 17.1. The number of hydrogen-bond donors (Lipinski definition) is 0. The Bertz CT molecular complexity index is 974. The highest BCUT2D eigenvalue weighted by Crippen LogP contribution is 2.14. The van der Waals surface area contributed by atoms with Crippen LogP contribution in [0.15, 0.2) is 54.6 Å². The Balaban J connectivity index is 1.36. The van der Waals surface area contributed by atoms with Gasteiger partial charge in [0.15, 0.2) is 5.69 Å². The van der Waals surface area contributed by atoms with Gasteiger partial charge in [-0.15, -0.1) is 5.10 Å². The van der Waals surface area contributed by atoms with E-state index in [4.69, 9.17) is 0 Å². The summed E-state index contributed by atoms with van der Waals surface area (Å²) >= 11 is 0. The average molecular weight is 390 g/mol. The molecule has 1 saturated heterocycles. The molecule has 0 N–H and O–H groups in total. The molecule has 150 valence electrons. The summed E-state index contributed by atoms with van der Waals surface area (Å²) in [7, 11) is 0. The van der Waals surface area contributed by atoms with Gasteiger partial charge in [-0.05, 0) is 25.0 Å². The lowest BCUT2D eigenvalue weighted by atomic mass is 10.1. The smallest absolute Gasteiger partial charge is 0.276 e. The van der Waals surface area contributed by atoms with Crippen LogP contribution in [0.4, 0.5) is 0 Å². The lowest BCUT2D eigenvalue weighted by Crippen LogP contribution is -2.48. The molecule has 6 nitrogen and oxygen atoms in total. The van der Waals surface area contributed by atoms with E-state index < -0.39 is 0 Å². The maximum atomic E-state index is 13.0. The molecule has 1 aromatic heterocycles. The highest BCUT2D eigenvalue weighted by atomic mass is 16.2. The maximum absolute atomic E-state index is 13.0. The Morgan fingerprint density at radius 1 is 0.897 bits per heavy atom. The SMILES string of the molecule is Cc1cccc(CN2CCN(C(=O)c3nnn(Cc4ccccc4)c3C)CC2)c1. The molecule has 0 unspecified atom stereocenters. The molecule has 0 radical (unpaired) electrons. The van der Waals surface area contributed by atoms with Crippen LogP contribution in [0.25, 0.3) is 0 Å². The van der Waals surface area contributed by atoms with Gasteiger partial charge in [-0.25, -0.2) is 4.68 Å². The van der Waals surface area contributed by atoms with E-state index in [9.17, 15) is 4.79 Å². The molecule has 2 heterocycles. The molecule has 29 heavy (non-hydrogen) atoms. The third kappa shape index (κ3) is 4.54. The number of nitrogens with zero attached hydrogens (tertiary/aromatic N) is 5. The molecule has 1 aliphatic rings. The molecule has 1 amide bonds. The van der Waals surface area contributed by atoms with Gasteiger partial charge in [0.2, 0.25) is 0 Å². The van der Waals surface area contributed by atoms with Crippen LogP contribution < -0.4 is 0 Å². The van der Waals surface area contributed by atoms with Crippen LogP contribution in [-0.4, -0.2) is 56.9 Å². The van der Waals surface area contributed by atoms with Crippen molar-refractivity contribution >= 4 is 5.91 Å². The van der Waals surface area contributed by atoms with Crippen LogP contribution >= 0.6 is 0 Å². The summed E-state index contributed by atoms with van der Waals surface area (Å²) < 4.78 is 1.80. The molecule has 0 saturated carbocycles. The van der Waals surface area contributed by atoms with Crippen LogP contribution in [-0.2, 0) is 13.1 Å². The number of carbonyl (C=O) groups excluding carboxylic acids is 1. The lowest BCUT2D eigenvalue weighted by Gasteiger charge is -2.34. The quantitative estimate of drug-likeness (QED) is 0.673. The van der Waals surface area contributed by atoms with Gasteiger partial charge in [0, 0.05) is 32.7 Å². The number of piperazine rings is 1. The second kappa shape index (κ2) is 8.57. The molecule has 1 aliphatic heterocycles. The molecule has 2 aromatic carbocycles. The van der Waals surface area contributed by atoms with Gasteiger partial charge in [0.05, 0.1) is 12.2 Å². The first-order valence-corrected chi connectivity index (χ1v) is 10.1. The second-order valence-electron chi connectivity index (χ2n) is 7.72. The summed E-state index contributed by atoms with van der Waals surface area (Å²) in [5.41, 5.74) is 5.04. The summed E-state index contributed by atoms with van der Waals surface area (Å²) in [6, 6.07) is 18.7. The van der Waals surface area contributed by atoms with Crippen molar-refractivity contribution in [2.75, 3.05) is 26.2 Å². The summed E-state index contributed by atoms with van der Waals surface area (Å²) in [6.07, 6.45) is 0. The van der Waals surface area contributed by atoms with Crippen molar-refractivity contribution in [3.63, 3.8) is 0 Å². The van der Waals surface area contributed by atoms with Crippen molar-refractivity contribution in [2.24, 2.45) is 0 Å². The first kappa shape index (κ1) is 19.3. The molecule has 6 heteroatoms. The van der Waals surface area contributed by atoms with Gasteiger partial charge in [-0.1, -0.05) is 65.4 Å². The molecule has 1 fully saturated rings. The van der Waals surface area contributed by atoms with Crippen LogP contribution in [0.5, 0.6) is 0 Å². The van der Waals surface area contributed by atoms with Crippen molar-refractivity contribution in [2.45, 2.75) is 26.9 Å². The molecular weight excluding hydrogens is 362 g/mol. The molecule has 0 bridgehead atoms. The number of amides is 1. The first-order valence-electron chi connectivity index (χ1n) is 10.1. The van der Waals surface area contributed by atoms with Crippen molar-refractivity contribution in [1.82, 2.24) is 24.8 Å². The highest BCUT2D eigenvalue weighted by molar-refractivity contribution is 5.93. The van der Waals surface area contributed by atoms with Gasteiger partial charge in [0.25, 0.3) is 5.91 Å². The van der Waals surface area contributed by atoms with Gasteiger partial charge in [-0.2, -0.15) is 0 Å². The van der Waals surface area contributed by atoms with E-state index in [2.05, 4.69) is 58.5 Å². The Kier molecular flexibility index (Phi) is 5.71. The third-order valence-electron chi connectivity index (χ3n) is 5.51. The standard InChI is InChI=1S/C23H27N5O/c1-18-7-6-10-21(15-18)16-26-11-13-27(14-12-26)23(29)22-19(2)28(25-24-22)17-20-8-4-3-5-9-20/h3-10,15H,11-14,16-17H2,1-2H3. The number of carbonyl (C=O) groups is 1. The Hall–Kier alpha value is -2.99. The number of aromatic nitrogens is 3. The van der Waals surface area contributed by atoms with Gasteiger partial charge < -0.3 is 4.90 Å². The number of rotatable bonds is 5. The van der Waals surface area contributed by atoms with Gasteiger partial charge >= 0.3 is 0 Å². The molecule has 0 atom stereocenters. The van der Waals surface area contributed by atoms with Crippen molar-refractivity contribution in [1.29, 1.82) is 0 Å².